The van der Waals surface area contributed by atoms with Gasteiger partial charge >= 0.3 is 0 Å². The van der Waals surface area contributed by atoms with E-state index >= 15 is 0 Å². The van der Waals surface area contributed by atoms with Gasteiger partial charge in [-0.3, -0.25) is 9.69 Å². The largest absolute Gasteiger partial charge is 0.468 e. The van der Waals surface area contributed by atoms with Crippen molar-refractivity contribution in [1.29, 1.82) is 0 Å². The standard InChI is InChI=1S/C15H23N3O2/c19-15(14-5-1-2-6-16-14)18-9-7-17(8-10-18)12-13-4-3-11-20-13/h3-4,11,14,16H,1-2,5-10,12H2/t14-/m0/s1. The predicted octanol–water partition coefficient (Wildman–Crippen LogP) is 1.07. The SMILES string of the molecule is O=C([C@@H]1CCCCN1)N1CCN(Cc2ccco2)CC1. The number of furan rings is 1. The third-order valence-corrected chi connectivity index (χ3v) is 4.25. The number of carbonyl (C=O) groups is 1. The molecule has 1 atom stereocenters. The molecule has 1 aromatic heterocycles. The van der Waals surface area contributed by atoms with Crippen molar-refractivity contribution in [2.24, 2.45) is 0 Å². The fourth-order valence-corrected chi connectivity index (χ4v) is 3.03. The summed E-state index contributed by atoms with van der Waals surface area (Å²) < 4.78 is 5.37. The quantitative estimate of drug-likeness (QED) is 0.898. The van der Waals surface area contributed by atoms with E-state index in [1.54, 1.807) is 6.26 Å². The molecule has 2 saturated heterocycles. The average Bonchev–Trinajstić information content (AvgIpc) is 3.01. The molecule has 0 spiro atoms. The highest BCUT2D eigenvalue weighted by Crippen LogP contribution is 2.13. The van der Waals surface area contributed by atoms with Crippen LogP contribution in [0.25, 0.3) is 0 Å². The number of piperidine rings is 1. The van der Waals surface area contributed by atoms with Crippen LogP contribution in [0.5, 0.6) is 0 Å². The second-order valence-corrected chi connectivity index (χ2v) is 5.68. The first kappa shape index (κ1) is 13.6. The van der Waals surface area contributed by atoms with E-state index in [0.29, 0.717) is 5.91 Å². The van der Waals surface area contributed by atoms with Crippen molar-refractivity contribution in [1.82, 2.24) is 15.1 Å². The number of rotatable bonds is 3. The minimum absolute atomic E-state index is 0.0559. The lowest BCUT2D eigenvalue weighted by Gasteiger charge is -2.37. The number of nitrogens with one attached hydrogen (secondary N) is 1. The summed E-state index contributed by atoms with van der Waals surface area (Å²) in [6.07, 6.45) is 5.07. The molecule has 3 rings (SSSR count). The van der Waals surface area contributed by atoms with Crippen LogP contribution in [0.4, 0.5) is 0 Å². The molecule has 0 saturated carbocycles. The van der Waals surface area contributed by atoms with Gasteiger partial charge in [-0.05, 0) is 31.5 Å². The molecule has 0 bridgehead atoms. The van der Waals surface area contributed by atoms with Crippen molar-refractivity contribution in [3.63, 3.8) is 0 Å². The Balaban J connectivity index is 1.46. The van der Waals surface area contributed by atoms with Crippen LogP contribution in [0, 0.1) is 0 Å². The Bertz CT molecular complexity index is 418. The van der Waals surface area contributed by atoms with E-state index in [1.165, 1.54) is 12.8 Å². The molecule has 0 unspecified atom stereocenters. The zero-order chi connectivity index (χ0) is 13.8. The van der Waals surface area contributed by atoms with Gasteiger partial charge in [0.2, 0.25) is 5.91 Å². The molecule has 2 fully saturated rings. The van der Waals surface area contributed by atoms with Gasteiger partial charge in [0.05, 0.1) is 18.8 Å². The Kier molecular flexibility index (Phi) is 4.38. The highest BCUT2D eigenvalue weighted by molar-refractivity contribution is 5.82. The van der Waals surface area contributed by atoms with E-state index in [9.17, 15) is 4.79 Å². The summed E-state index contributed by atoms with van der Waals surface area (Å²) in [4.78, 5) is 16.8. The number of nitrogens with zero attached hydrogens (tertiary/aromatic N) is 2. The third-order valence-electron chi connectivity index (χ3n) is 4.25. The Hall–Kier alpha value is -1.33. The van der Waals surface area contributed by atoms with Gasteiger partial charge in [-0.15, -0.1) is 0 Å². The molecule has 0 aliphatic carbocycles. The van der Waals surface area contributed by atoms with E-state index in [0.717, 1.165) is 51.4 Å². The topological polar surface area (TPSA) is 48.7 Å². The van der Waals surface area contributed by atoms with Crippen molar-refractivity contribution in [2.45, 2.75) is 31.8 Å². The number of amides is 1. The van der Waals surface area contributed by atoms with Gasteiger partial charge < -0.3 is 14.6 Å². The van der Waals surface area contributed by atoms with Crippen LogP contribution in [-0.2, 0) is 11.3 Å². The second kappa shape index (κ2) is 6.41. The van der Waals surface area contributed by atoms with Crippen LogP contribution < -0.4 is 5.32 Å². The zero-order valence-corrected chi connectivity index (χ0v) is 11.9. The summed E-state index contributed by atoms with van der Waals surface area (Å²) in [5.74, 6) is 1.29. The second-order valence-electron chi connectivity index (χ2n) is 5.68. The molecule has 5 heteroatoms. The lowest BCUT2D eigenvalue weighted by molar-refractivity contribution is -0.135. The van der Waals surface area contributed by atoms with E-state index in [2.05, 4.69) is 10.2 Å². The lowest BCUT2D eigenvalue weighted by atomic mass is 10.0. The molecule has 110 valence electrons. The van der Waals surface area contributed by atoms with Crippen LogP contribution in [0.1, 0.15) is 25.0 Å². The van der Waals surface area contributed by atoms with Crippen LogP contribution in [0.3, 0.4) is 0 Å². The Morgan fingerprint density at radius 2 is 2.15 bits per heavy atom. The van der Waals surface area contributed by atoms with Crippen LogP contribution >= 0.6 is 0 Å². The van der Waals surface area contributed by atoms with Crippen molar-refractivity contribution in [3.05, 3.63) is 24.2 Å². The van der Waals surface area contributed by atoms with Crippen molar-refractivity contribution >= 4 is 5.91 Å². The normalized spacial score (nSPS) is 24.8. The first-order valence-electron chi connectivity index (χ1n) is 7.60. The summed E-state index contributed by atoms with van der Waals surface area (Å²) in [7, 11) is 0. The minimum Gasteiger partial charge on any atom is -0.468 e. The maximum atomic E-state index is 12.4. The van der Waals surface area contributed by atoms with E-state index < -0.39 is 0 Å². The maximum Gasteiger partial charge on any atom is 0.239 e. The fourth-order valence-electron chi connectivity index (χ4n) is 3.03. The predicted molar refractivity (Wildman–Crippen MR) is 76.2 cm³/mol. The molecule has 5 nitrogen and oxygen atoms in total. The minimum atomic E-state index is 0.0559. The molecule has 20 heavy (non-hydrogen) atoms. The van der Waals surface area contributed by atoms with Crippen molar-refractivity contribution in [2.75, 3.05) is 32.7 Å². The first-order chi connectivity index (χ1) is 9.83. The summed E-state index contributed by atoms with van der Waals surface area (Å²) in [5, 5.41) is 3.34. The van der Waals surface area contributed by atoms with E-state index in [1.807, 2.05) is 17.0 Å². The number of carbonyl (C=O) groups excluding carboxylic acids is 1. The molecule has 3 heterocycles. The Morgan fingerprint density at radius 1 is 1.30 bits per heavy atom. The van der Waals surface area contributed by atoms with E-state index in [-0.39, 0.29) is 6.04 Å². The van der Waals surface area contributed by atoms with Gasteiger partial charge in [0.1, 0.15) is 5.76 Å². The molecular weight excluding hydrogens is 254 g/mol. The Morgan fingerprint density at radius 3 is 2.80 bits per heavy atom. The molecule has 0 radical (unpaired) electrons. The van der Waals surface area contributed by atoms with Gasteiger partial charge in [-0.2, -0.15) is 0 Å². The number of hydrogen-bond acceptors (Lipinski definition) is 4. The molecule has 1 amide bonds. The monoisotopic (exact) mass is 277 g/mol. The number of piperazine rings is 1. The summed E-state index contributed by atoms with van der Waals surface area (Å²) in [5.41, 5.74) is 0. The first-order valence-corrected chi connectivity index (χ1v) is 7.60. The molecule has 2 aliphatic heterocycles. The molecular formula is C15H23N3O2. The average molecular weight is 277 g/mol. The molecule has 0 aromatic carbocycles. The number of hydrogen-bond donors (Lipinski definition) is 1. The maximum absolute atomic E-state index is 12.4. The summed E-state index contributed by atoms with van der Waals surface area (Å²) >= 11 is 0. The van der Waals surface area contributed by atoms with Crippen molar-refractivity contribution in [3.8, 4) is 0 Å². The lowest BCUT2D eigenvalue weighted by Crippen LogP contribution is -2.54. The molecule has 2 aliphatic rings. The summed E-state index contributed by atoms with van der Waals surface area (Å²) in [6.45, 7) is 5.35. The smallest absolute Gasteiger partial charge is 0.239 e. The van der Waals surface area contributed by atoms with Crippen LogP contribution in [0.2, 0.25) is 0 Å². The highest BCUT2D eigenvalue weighted by atomic mass is 16.3. The van der Waals surface area contributed by atoms with Crippen LogP contribution in [0.15, 0.2) is 22.8 Å². The van der Waals surface area contributed by atoms with Gasteiger partial charge in [0.25, 0.3) is 0 Å². The van der Waals surface area contributed by atoms with Gasteiger partial charge in [0.15, 0.2) is 0 Å². The van der Waals surface area contributed by atoms with Crippen LogP contribution in [-0.4, -0.2) is 54.5 Å². The fraction of sp³-hybridized carbons (Fsp3) is 0.667. The highest BCUT2D eigenvalue weighted by Gasteiger charge is 2.28. The van der Waals surface area contributed by atoms with Gasteiger partial charge in [-0.1, -0.05) is 6.42 Å². The van der Waals surface area contributed by atoms with Gasteiger partial charge in [-0.25, -0.2) is 0 Å². The Labute approximate surface area is 119 Å². The van der Waals surface area contributed by atoms with Crippen molar-refractivity contribution < 1.29 is 9.21 Å². The van der Waals surface area contributed by atoms with E-state index in [4.69, 9.17) is 4.42 Å². The molecule has 1 aromatic rings. The summed E-state index contributed by atoms with van der Waals surface area (Å²) in [6, 6.07) is 3.98. The zero-order valence-electron chi connectivity index (χ0n) is 11.9. The molecule has 1 N–H and O–H groups in total. The van der Waals surface area contributed by atoms with Gasteiger partial charge in [0, 0.05) is 26.2 Å². The third kappa shape index (κ3) is 3.22.